The summed E-state index contributed by atoms with van der Waals surface area (Å²) in [5.41, 5.74) is 0.473. The van der Waals surface area contributed by atoms with Crippen LogP contribution in [-0.4, -0.2) is 22.9 Å². The first-order valence-corrected chi connectivity index (χ1v) is 5.15. The molecule has 0 saturated carbocycles. The average molecular weight is 261 g/mol. The summed E-state index contributed by atoms with van der Waals surface area (Å²) >= 11 is 3.26. The minimum Gasteiger partial charge on any atom is -0.464 e. The minimum atomic E-state index is -0.366. The van der Waals surface area contributed by atoms with Crippen molar-refractivity contribution in [3.63, 3.8) is 0 Å². The van der Waals surface area contributed by atoms with Crippen molar-refractivity contribution in [1.29, 1.82) is 0 Å². The molecule has 1 rings (SSSR count). The van der Waals surface area contributed by atoms with E-state index in [0.29, 0.717) is 22.6 Å². The van der Waals surface area contributed by atoms with Crippen molar-refractivity contribution in [2.45, 2.75) is 20.4 Å². The zero-order chi connectivity index (χ0) is 10.7. The van der Waals surface area contributed by atoms with E-state index in [2.05, 4.69) is 39.6 Å². The highest BCUT2D eigenvalue weighted by molar-refractivity contribution is 9.10. The monoisotopic (exact) mass is 260 g/mol. The van der Waals surface area contributed by atoms with Crippen molar-refractivity contribution >= 4 is 21.9 Å². The Kier molecular flexibility index (Phi) is 3.69. The Hall–Kier alpha value is -0.840. The van der Waals surface area contributed by atoms with Crippen molar-refractivity contribution in [3.05, 3.63) is 16.4 Å². The molecule has 0 saturated heterocycles. The van der Waals surface area contributed by atoms with Crippen LogP contribution in [0.15, 0.2) is 10.7 Å². The second-order valence-corrected chi connectivity index (χ2v) is 4.26. The number of aromatic nitrogens is 2. The topological polar surface area (TPSA) is 44.1 Å². The molecular formula is C9H13BrN2O2. The molecule has 0 unspecified atom stereocenters. The number of rotatable bonds is 3. The maximum Gasteiger partial charge on any atom is 0.357 e. The van der Waals surface area contributed by atoms with Crippen LogP contribution in [-0.2, 0) is 11.3 Å². The second-order valence-electron chi connectivity index (χ2n) is 3.41. The van der Waals surface area contributed by atoms with E-state index in [1.165, 1.54) is 7.11 Å². The molecule has 1 heterocycles. The van der Waals surface area contributed by atoms with Crippen LogP contribution < -0.4 is 0 Å². The number of hydrogen-bond donors (Lipinski definition) is 0. The molecule has 0 fully saturated rings. The molecule has 0 aromatic carbocycles. The first kappa shape index (κ1) is 11.2. The third-order valence-electron chi connectivity index (χ3n) is 1.71. The van der Waals surface area contributed by atoms with E-state index in [0.717, 1.165) is 0 Å². The van der Waals surface area contributed by atoms with Gasteiger partial charge in [0.05, 0.1) is 17.8 Å². The van der Waals surface area contributed by atoms with Gasteiger partial charge in [0.2, 0.25) is 0 Å². The molecule has 0 bridgehead atoms. The molecule has 14 heavy (non-hydrogen) atoms. The van der Waals surface area contributed by atoms with Gasteiger partial charge in [0.15, 0.2) is 5.69 Å². The fraction of sp³-hybridized carbons (Fsp3) is 0.556. The summed E-state index contributed by atoms with van der Waals surface area (Å²) in [6, 6.07) is 0. The van der Waals surface area contributed by atoms with Gasteiger partial charge in [-0.2, -0.15) is 5.10 Å². The molecule has 4 nitrogen and oxygen atoms in total. The lowest BCUT2D eigenvalue weighted by atomic mass is 10.2. The lowest BCUT2D eigenvalue weighted by Gasteiger charge is -2.08. The number of carbonyl (C=O) groups is 1. The summed E-state index contributed by atoms with van der Waals surface area (Å²) < 4.78 is 6.99. The molecule has 0 spiro atoms. The van der Waals surface area contributed by atoms with Crippen LogP contribution in [0.25, 0.3) is 0 Å². The van der Waals surface area contributed by atoms with Crippen LogP contribution in [0, 0.1) is 5.92 Å². The zero-order valence-corrected chi connectivity index (χ0v) is 10.0. The third-order valence-corrected chi connectivity index (χ3v) is 2.29. The zero-order valence-electron chi connectivity index (χ0n) is 8.45. The Morgan fingerprint density at radius 2 is 2.36 bits per heavy atom. The standard InChI is InChI=1S/C9H13BrN2O2/c1-6(2)5-12-8(9(13)14-3)7(10)4-11-12/h4,6H,5H2,1-3H3. The van der Waals surface area contributed by atoms with Gasteiger partial charge in [-0.3, -0.25) is 4.68 Å². The maximum absolute atomic E-state index is 11.4. The number of methoxy groups -OCH3 is 1. The highest BCUT2D eigenvalue weighted by Crippen LogP contribution is 2.17. The van der Waals surface area contributed by atoms with Gasteiger partial charge in [-0.05, 0) is 21.8 Å². The van der Waals surface area contributed by atoms with Crippen LogP contribution in [0.4, 0.5) is 0 Å². The number of carbonyl (C=O) groups excluding carboxylic acids is 1. The van der Waals surface area contributed by atoms with E-state index in [1.807, 2.05) is 0 Å². The molecule has 0 amide bonds. The van der Waals surface area contributed by atoms with Crippen molar-refractivity contribution < 1.29 is 9.53 Å². The lowest BCUT2D eigenvalue weighted by molar-refractivity contribution is 0.0584. The Balaban J connectivity index is 3.00. The Morgan fingerprint density at radius 3 is 2.86 bits per heavy atom. The van der Waals surface area contributed by atoms with Crippen molar-refractivity contribution in [3.8, 4) is 0 Å². The first-order valence-electron chi connectivity index (χ1n) is 4.36. The lowest BCUT2D eigenvalue weighted by Crippen LogP contribution is -2.15. The third kappa shape index (κ3) is 2.35. The minimum absolute atomic E-state index is 0.366. The summed E-state index contributed by atoms with van der Waals surface area (Å²) in [6.45, 7) is 4.84. The molecule has 0 radical (unpaired) electrons. The molecule has 78 valence electrons. The normalized spacial score (nSPS) is 10.6. The summed E-state index contributed by atoms with van der Waals surface area (Å²) in [4.78, 5) is 11.4. The van der Waals surface area contributed by atoms with Crippen LogP contribution in [0.2, 0.25) is 0 Å². The van der Waals surface area contributed by atoms with Gasteiger partial charge in [0.25, 0.3) is 0 Å². The van der Waals surface area contributed by atoms with Crippen molar-refractivity contribution in [2.24, 2.45) is 5.92 Å². The van der Waals surface area contributed by atoms with Gasteiger partial charge in [-0.25, -0.2) is 4.79 Å². The Bertz CT molecular complexity index is 334. The van der Waals surface area contributed by atoms with Gasteiger partial charge < -0.3 is 4.74 Å². The van der Waals surface area contributed by atoms with E-state index in [4.69, 9.17) is 0 Å². The first-order chi connectivity index (χ1) is 6.56. The quantitative estimate of drug-likeness (QED) is 0.782. The summed E-state index contributed by atoms with van der Waals surface area (Å²) in [5, 5.41) is 4.09. The maximum atomic E-state index is 11.4. The van der Waals surface area contributed by atoms with E-state index in [-0.39, 0.29) is 5.97 Å². The SMILES string of the molecule is COC(=O)c1c(Br)cnn1CC(C)C. The van der Waals surface area contributed by atoms with Gasteiger partial charge >= 0.3 is 5.97 Å². The number of nitrogens with zero attached hydrogens (tertiary/aromatic N) is 2. The van der Waals surface area contributed by atoms with Crippen LogP contribution in [0.3, 0.4) is 0 Å². The van der Waals surface area contributed by atoms with Crippen LogP contribution in [0.1, 0.15) is 24.3 Å². The second kappa shape index (κ2) is 4.59. The van der Waals surface area contributed by atoms with Crippen LogP contribution in [0.5, 0.6) is 0 Å². The van der Waals surface area contributed by atoms with E-state index in [9.17, 15) is 4.79 Å². The molecule has 0 N–H and O–H groups in total. The molecule has 0 atom stereocenters. The summed E-state index contributed by atoms with van der Waals surface area (Å²) in [6.07, 6.45) is 1.61. The average Bonchev–Trinajstić information content (AvgIpc) is 2.45. The molecule has 1 aromatic rings. The Morgan fingerprint density at radius 1 is 1.71 bits per heavy atom. The predicted octanol–water partition coefficient (Wildman–Crippen LogP) is 2.09. The van der Waals surface area contributed by atoms with Gasteiger partial charge in [-0.15, -0.1) is 0 Å². The largest absolute Gasteiger partial charge is 0.464 e. The summed E-state index contributed by atoms with van der Waals surface area (Å²) in [5.74, 6) is 0.0697. The molecule has 0 aliphatic rings. The number of esters is 1. The molecule has 1 aromatic heterocycles. The summed E-state index contributed by atoms with van der Waals surface area (Å²) in [7, 11) is 1.36. The van der Waals surface area contributed by atoms with Crippen LogP contribution >= 0.6 is 15.9 Å². The number of hydrogen-bond acceptors (Lipinski definition) is 3. The van der Waals surface area contributed by atoms with E-state index >= 15 is 0 Å². The van der Waals surface area contributed by atoms with Gasteiger partial charge in [0, 0.05) is 6.54 Å². The fourth-order valence-corrected chi connectivity index (χ4v) is 1.60. The predicted molar refractivity (Wildman–Crippen MR) is 56.1 cm³/mol. The fourth-order valence-electron chi connectivity index (χ4n) is 1.15. The molecule has 0 aliphatic carbocycles. The molecule has 5 heteroatoms. The van der Waals surface area contributed by atoms with Gasteiger partial charge in [0.1, 0.15) is 0 Å². The van der Waals surface area contributed by atoms with E-state index in [1.54, 1.807) is 10.9 Å². The Labute approximate surface area is 91.4 Å². The van der Waals surface area contributed by atoms with Gasteiger partial charge in [-0.1, -0.05) is 13.8 Å². The number of ether oxygens (including phenoxy) is 1. The van der Waals surface area contributed by atoms with Crippen molar-refractivity contribution in [2.75, 3.05) is 7.11 Å². The highest BCUT2D eigenvalue weighted by atomic mass is 79.9. The molecular weight excluding hydrogens is 248 g/mol. The molecule has 0 aliphatic heterocycles. The smallest absolute Gasteiger partial charge is 0.357 e. The van der Waals surface area contributed by atoms with E-state index < -0.39 is 0 Å². The highest BCUT2D eigenvalue weighted by Gasteiger charge is 2.17. The van der Waals surface area contributed by atoms with Crippen molar-refractivity contribution in [1.82, 2.24) is 9.78 Å². The number of halogens is 1.